The van der Waals surface area contributed by atoms with Crippen LogP contribution < -0.4 is 10.1 Å². The molecule has 0 radical (unpaired) electrons. The molecule has 0 aliphatic carbocycles. The number of ether oxygens (including phenoxy) is 1. The fraction of sp³-hybridized carbons (Fsp3) is 0.214. The van der Waals surface area contributed by atoms with Crippen molar-refractivity contribution in [3.63, 3.8) is 0 Å². The summed E-state index contributed by atoms with van der Waals surface area (Å²) in [5.74, 6) is 0.614. The summed E-state index contributed by atoms with van der Waals surface area (Å²) in [5, 5.41) is 7.91. The maximum absolute atomic E-state index is 13.4. The van der Waals surface area contributed by atoms with Crippen molar-refractivity contribution in [2.24, 2.45) is 0 Å². The largest absolute Gasteiger partial charge is 0.497 e. The van der Waals surface area contributed by atoms with Crippen LogP contribution in [-0.4, -0.2) is 48.3 Å². The fourth-order valence-corrected chi connectivity index (χ4v) is 3.96. The van der Waals surface area contributed by atoms with Crippen LogP contribution in [-0.2, 0) is 6.54 Å². The number of aromatic nitrogens is 2. The van der Waals surface area contributed by atoms with Gasteiger partial charge in [-0.15, -0.1) is 0 Å². The summed E-state index contributed by atoms with van der Waals surface area (Å²) in [5.41, 5.74) is 4.34. The van der Waals surface area contributed by atoms with E-state index in [0.29, 0.717) is 24.3 Å². The maximum atomic E-state index is 13.4. The molecule has 6 nitrogen and oxygen atoms in total. The molecule has 4 rings (SSSR count). The molecule has 1 N–H and O–H groups in total. The van der Waals surface area contributed by atoms with E-state index in [2.05, 4.69) is 34.5 Å². The number of hydrogen-bond donors (Lipinski definition) is 1. The Morgan fingerprint density at radius 2 is 1.62 bits per heavy atom. The van der Waals surface area contributed by atoms with E-state index < -0.39 is 0 Å². The van der Waals surface area contributed by atoms with Crippen LogP contribution in [0.5, 0.6) is 5.75 Å². The van der Waals surface area contributed by atoms with Crippen molar-refractivity contribution >= 4 is 5.91 Å². The minimum atomic E-state index is -0.145. The highest BCUT2D eigenvalue weighted by molar-refractivity contribution is 5.99. The van der Waals surface area contributed by atoms with Gasteiger partial charge in [0.15, 0.2) is 0 Å². The van der Waals surface area contributed by atoms with Crippen molar-refractivity contribution in [3.8, 4) is 17.0 Å². The quantitative estimate of drug-likeness (QED) is 0.400. The molecule has 1 heterocycles. The van der Waals surface area contributed by atoms with E-state index in [1.807, 2.05) is 85.6 Å². The van der Waals surface area contributed by atoms with Crippen molar-refractivity contribution in [2.45, 2.75) is 12.6 Å². The van der Waals surface area contributed by atoms with Crippen LogP contribution in [0.4, 0.5) is 0 Å². The zero-order valence-corrected chi connectivity index (χ0v) is 19.8. The van der Waals surface area contributed by atoms with Gasteiger partial charge in [-0.05, 0) is 49.5 Å². The van der Waals surface area contributed by atoms with Crippen molar-refractivity contribution in [1.29, 1.82) is 0 Å². The number of likely N-dealkylation sites (N-methyl/N-ethyl adjacent to an activating group) is 1. The lowest BCUT2D eigenvalue weighted by atomic mass is 10.1. The third-order valence-electron chi connectivity index (χ3n) is 5.82. The summed E-state index contributed by atoms with van der Waals surface area (Å²) in [4.78, 5) is 15.5. The predicted molar refractivity (Wildman–Crippen MR) is 135 cm³/mol. The average molecular weight is 455 g/mol. The van der Waals surface area contributed by atoms with Gasteiger partial charge in [0.2, 0.25) is 0 Å². The first-order chi connectivity index (χ1) is 16.5. The summed E-state index contributed by atoms with van der Waals surface area (Å²) in [6.07, 6.45) is 1.83. The van der Waals surface area contributed by atoms with Gasteiger partial charge in [-0.1, -0.05) is 60.7 Å². The van der Waals surface area contributed by atoms with Gasteiger partial charge in [0.25, 0.3) is 5.91 Å². The summed E-state index contributed by atoms with van der Waals surface area (Å²) in [7, 11) is 5.67. The van der Waals surface area contributed by atoms with E-state index in [9.17, 15) is 4.79 Å². The molecule has 34 heavy (non-hydrogen) atoms. The minimum Gasteiger partial charge on any atom is -0.497 e. The van der Waals surface area contributed by atoms with Crippen LogP contribution in [0.3, 0.4) is 0 Å². The first kappa shape index (κ1) is 23.3. The summed E-state index contributed by atoms with van der Waals surface area (Å²) in [6, 6.07) is 28.0. The van der Waals surface area contributed by atoms with E-state index in [0.717, 1.165) is 22.4 Å². The number of nitrogens with one attached hydrogen (secondary N) is 1. The molecule has 0 aliphatic heterocycles. The molecule has 1 aromatic heterocycles. The summed E-state index contributed by atoms with van der Waals surface area (Å²) in [6.45, 7) is 1.07. The van der Waals surface area contributed by atoms with Gasteiger partial charge in [-0.25, -0.2) is 0 Å². The summed E-state index contributed by atoms with van der Waals surface area (Å²) < 4.78 is 7.11. The van der Waals surface area contributed by atoms with Gasteiger partial charge < -0.3 is 15.0 Å². The van der Waals surface area contributed by atoms with E-state index >= 15 is 0 Å². The number of nitrogens with zero attached hydrogens (tertiary/aromatic N) is 3. The topological polar surface area (TPSA) is 59.4 Å². The Hall–Kier alpha value is -3.90. The number of amides is 1. The molecule has 0 aliphatic rings. The van der Waals surface area contributed by atoms with E-state index in [1.165, 1.54) is 0 Å². The Labute approximate surface area is 200 Å². The lowest BCUT2D eigenvalue weighted by Crippen LogP contribution is -2.34. The first-order valence-electron chi connectivity index (χ1n) is 11.3. The summed E-state index contributed by atoms with van der Waals surface area (Å²) >= 11 is 0. The molecule has 4 aromatic rings. The van der Waals surface area contributed by atoms with Crippen molar-refractivity contribution in [1.82, 2.24) is 20.0 Å². The molecule has 174 valence electrons. The third kappa shape index (κ3) is 5.53. The lowest BCUT2D eigenvalue weighted by molar-refractivity contribution is 0.0942. The number of hydrogen-bond acceptors (Lipinski definition) is 4. The van der Waals surface area contributed by atoms with Gasteiger partial charge in [0.05, 0.1) is 25.3 Å². The number of rotatable bonds is 9. The Morgan fingerprint density at radius 3 is 2.24 bits per heavy atom. The monoisotopic (exact) mass is 454 g/mol. The molecule has 3 aromatic carbocycles. The van der Waals surface area contributed by atoms with Crippen LogP contribution in [0.15, 0.2) is 91.1 Å². The van der Waals surface area contributed by atoms with Crippen LogP contribution in [0.2, 0.25) is 0 Å². The third-order valence-corrected chi connectivity index (χ3v) is 5.82. The molecule has 0 bridgehead atoms. The minimum absolute atomic E-state index is 0.0638. The fourth-order valence-electron chi connectivity index (χ4n) is 3.96. The zero-order chi connectivity index (χ0) is 23.9. The molecule has 0 spiro atoms. The van der Waals surface area contributed by atoms with Gasteiger partial charge >= 0.3 is 0 Å². The number of benzene rings is 3. The molecular weight excluding hydrogens is 424 g/mol. The van der Waals surface area contributed by atoms with Crippen molar-refractivity contribution in [3.05, 3.63) is 108 Å². The zero-order valence-electron chi connectivity index (χ0n) is 19.8. The Bertz CT molecular complexity index is 1200. The van der Waals surface area contributed by atoms with Crippen LogP contribution >= 0.6 is 0 Å². The van der Waals surface area contributed by atoms with Crippen LogP contribution in [0.25, 0.3) is 11.3 Å². The second-order valence-corrected chi connectivity index (χ2v) is 8.40. The van der Waals surface area contributed by atoms with Gasteiger partial charge in [0.1, 0.15) is 11.4 Å². The van der Waals surface area contributed by atoms with Crippen LogP contribution in [0, 0.1) is 0 Å². The van der Waals surface area contributed by atoms with E-state index in [4.69, 9.17) is 9.84 Å². The van der Waals surface area contributed by atoms with Crippen LogP contribution in [0.1, 0.15) is 27.5 Å². The Morgan fingerprint density at radius 1 is 0.971 bits per heavy atom. The second kappa shape index (κ2) is 10.8. The predicted octanol–water partition coefficient (Wildman–Crippen LogP) is 4.64. The SMILES string of the molecule is COc1ccc(-c2nn(Cc3ccccc3)cc2C(=O)NCC(c2ccccc2)N(C)C)cc1. The number of carbonyl (C=O) groups is 1. The molecule has 6 heteroatoms. The highest BCUT2D eigenvalue weighted by Gasteiger charge is 2.21. The highest BCUT2D eigenvalue weighted by Crippen LogP contribution is 2.25. The molecule has 1 unspecified atom stereocenters. The van der Waals surface area contributed by atoms with Crippen molar-refractivity contribution < 1.29 is 9.53 Å². The van der Waals surface area contributed by atoms with Gasteiger partial charge in [0, 0.05) is 18.3 Å². The molecule has 1 amide bonds. The van der Waals surface area contributed by atoms with Crippen molar-refractivity contribution in [2.75, 3.05) is 27.7 Å². The Balaban J connectivity index is 1.60. The number of methoxy groups -OCH3 is 1. The van der Waals surface area contributed by atoms with Gasteiger partial charge in [-0.2, -0.15) is 5.10 Å². The second-order valence-electron chi connectivity index (χ2n) is 8.40. The molecule has 0 saturated heterocycles. The van der Waals surface area contributed by atoms with Gasteiger partial charge in [-0.3, -0.25) is 9.48 Å². The molecular formula is C28H30N4O2. The van der Waals surface area contributed by atoms with E-state index in [-0.39, 0.29) is 11.9 Å². The normalized spacial score (nSPS) is 11.9. The molecule has 0 saturated carbocycles. The molecule has 1 atom stereocenters. The number of carbonyl (C=O) groups excluding carboxylic acids is 1. The van der Waals surface area contributed by atoms with E-state index in [1.54, 1.807) is 7.11 Å². The Kier molecular flexibility index (Phi) is 7.40. The maximum Gasteiger partial charge on any atom is 0.255 e. The highest BCUT2D eigenvalue weighted by atomic mass is 16.5. The standard InChI is InChI=1S/C28H30N4O2/c1-31(2)26(22-12-8-5-9-13-22)18-29-28(33)25-20-32(19-21-10-6-4-7-11-21)30-27(25)23-14-16-24(34-3)17-15-23/h4-17,20,26H,18-19H2,1-3H3,(H,29,33). The lowest BCUT2D eigenvalue weighted by Gasteiger charge is -2.25. The smallest absolute Gasteiger partial charge is 0.255 e. The first-order valence-corrected chi connectivity index (χ1v) is 11.3. The average Bonchev–Trinajstić information content (AvgIpc) is 3.29. The molecule has 0 fully saturated rings.